The molecule has 3 rings (SSSR count). The van der Waals surface area contributed by atoms with Gasteiger partial charge in [0.25, 0.3) is 9.05 Å². The highest BCUT2D eigenvalue weighted by molar-refractivity contribution is 8.13. The molecule has 0 N–H and O–H groups in total. The zero-order valence-corrected chi connectivity index (χ0v) is 12.6. The van der Waals surface area contributed by atoms with E-state index < -0.39 is 14.7 Å². The third kappa shape index (κ3) is 2.55. The molecule has 2 aromatic heterocycles. The molecule has 21 heavy (non-hydrogen) atoms. The lowest BCUT2D eigenvalue weighted by atomic mass is 9.92. The van der Waals surface area contributed by atoms with Gasteiger partial charge in [-0.25, -0.2) is 18.1 Å². The molecule has 3 heterocycles. The van der Waals surface area contributed by atoms with E-state index in [4.69, 9.17) is 20.2 Å². The summed E-state index contributed by atoms with van der Waals surface area (Å²) in [6, 6.07) is 3.61. The van der Waals surface area contributed by atoms with Crippen LogP contribution in [0.15, 0.2) is 35.6 Å². The minimum absolute atomic E-state index is 0.0789. The Morgan fingerprint density at radius 2 is 2.24 bits per heavy atom. The first-order valence-electron chi connectivity index (χ1n) is 6.04. The van der Waals surface area contributed by atoms with Gasteiger partial charge >= 0.3 is 0 Å². The van der Waals surface area contributed by atoms with E-state index in [1.165, 1.54) is 17.1 Å². The normalized spacial score (nSPS) is 17.4. The summed E-state index contributed by atoms with van der Waals surface area (Å²) in [6.45, 7) is 0.931. The van der Waals surface area contributed by atoms with Crippen molar-refractivity contribution in [3.05, 3.63) is 36.3 Å². The number of nitrogens with zero attached hydrogens (tertiary/aromatic N) is 3. The summed E-state index contributed by atoms with van der Waals surface area (Å²) >= 11 is 0. The van der Waals surface area contributed by atoms with E-state index in [9.17, 15) is 8.42 Å². The van der Waals surface area contributed by atoms with Crippen LogP contribution in [0.5, 0.6) is 0 Å². The number of rotatable bonds is 4. The van der Waals surface area contributed by atoms with E-state index in [1.807, 2.05) is 6.07 Å². The Labute approximate surface area is 125 Å². The van der Waals surface area contributed by atoms with Crippen LogP contribution in [0.4, 0.5) is 0 Å². The van der Waals surface area contributed by atoms with Crippen molar-refractivity contribution in [1.29, 1.82) is 0 Å². The zero-order chi connectivity index (χ0) is 15.1. The van der Waals surface area contributed by atoms with Gasteiger partial charge in [-0.1, -0.05) is 0 Å². The van der Waals surface area contributed by atoms with Crippen LogP contribution in [0.25, 0.3) is 5.82 Å². The Balaban J connectivity index is 1.98. The maximum absolute atomic E-state index is 11.3. The summed E-state index contributed by atoms with van der Waals surface area (Å²) in [4.78, 5) is 4.10. The van der Waals surface area contributed by atoms with Crippen LogP contribution in [-0.2, 0) is 24.1 Å². The van der Waals surface area contributed by atoms with Crippen LogP contribution in [0, 0.1) is 0 Å². The third-order valence-corrected chi connectivity index (χ3v) is 4.72. The molecular weight excluding hydrogens is 318 g/mol. The van der Waals surface area contributed by atoms with Gasteiger partial charge in [0.1, 0.15) is 10.5 Å². The summed E-state index contributed by atoms with van der Waals surface area (Å²) in [7, 11) is 3.09. The molecule has 7 nitrogen and oxygen atoms in total. The lowest BCUT2D eigenvalue weighted by Gasteiger charge is -2.40. The molecule has 1 saturated heterocycles. The molecule has 0 unspecified atom stereocenters. The molecule has 0 aromatic carbocycles. The summed E-state index contributed by atoms with van der Waals surface area (Å²) in [6.07, 6.45) is 4.10. The lowest BCUT2D eigenvalue weighted by Crippen LogP contribution is -2.48. The average Bonchev–Trinajstić information content (AvgIpc) is 2.88. The number of ether oxygens (including phenoxy) is 2. The second-order valence-electron chi connectivity index (χ2n) is 4.65. The first-order valence-corrected chi connectivity index (χ1v) is 8.35. The molecule has 1 aliphatic heterocycles. The maximum Gasteiger partial charge on any atom is 0.264 e. The van der Waals surface area contributed by atoms with Gasteiger partial charge in [-0.15, -0.1) is 0 Å². The van der Waals surface area contributed by atoms with Crippen LogP contribution < -0.4 is 0 Å². The quantitative estimate of drug-likeness (QED) is 0.780. The van der Waals surface area contributed by atoms with Crippen molar-refractivity contribution in [3.63, 3.8) is 0 Å². The van der Waals surface area contributed by atoms with Gasteiger partial charge in [0.15, 0.2) is 5.82 Å². The Morgan fingerprint density at radius 3 is 2.76 bits per heavy atom. The van der Waals surface area contributed by atoms with Crippen molar-refractivity contribution in [2.75, 3.05) is 20.3 Å². The van der Waals surface area contributed by atoms with E-state index in [1.54, 1.807) is 19.4 Å². The first-order chi connectivity index (χ1) is 9.94. The van der Waals surface area contributed by atoms with Crippen molar-refractivity contribution in [3.8, 4) is 5.82 Å². The van der Waals surface area contributed by atoms with Crippen molar-refractivity contribution in [2.24, 2.45) is 0 Å². The predicted molar refractivity (Wildman–Crippen MR) is 73.9 cm³/mol. The van der Waals surface area contributed by atoms with E-state index in [2.05, 4.69) is 10.1 Å². The van der Waals surface area contributed by atoms with E-state index in [0.717, 1.165) is 5.56 Å². The molecule has 0 spiro atoms. The molecule has 2 aromatic rings. The summed E-state index contributed by atoms with van der Waals surface area (Å²) < 4.78 is 34.6. The zero-order valence-electron chi connectivity index (χ0n) is 11.1. The SMILES string of the molecule is COC1(c2ccnc(-n3cc(S(=O)(=O)Cl)cn3)c2)COC1. The Morgan fingerprint density at radius 1 is 1.48 bits per heavy atom. The Kier molecular flexibility index (Phi) is 3.48. The molecule has 0 saturated carbocycles. The largest absolute Gasteiger partial charge is 0.375 e. The highest BCUT2D eigenvalue weighted by atomic mass is 35.7. The molecule has 0 aliphatic carbocycles. The van der Waals surface area contributed by atoms with Crippen molar-refractivity contribution in [1.82, 2.24) is 14.8 Å². The van der Waals surface area contributed by atoms with E-state index in [-0.39, 0.29) is 4.90 Å². The fraction of sp³-hybridized carbons (Fsp3) is 0.333. The predicted octanol–water partition coefficient (Wildman–Crippen LogP) is 1.07. The highest BCUT2D eigenvalue weighted by Crippen LogP contribution is 2.33. The van der Waals surface area contributed by atoms with Gasteiger partial charge in [-0.2, -0.15) is 5.10 Å². The smallest absolute Gasteiger partial charge is 0.264 e. The highest BCUT2D eigenvalue weighted by Gasteiger charge is 2.40. The van der Waals surface area contributed by atoms with Crippen LogP contribution in [-0.4, -0.2) is 43.5 Å². The van der Waals surface area contributed by atoms with E-state index in [0.29, 0.717) is 19.0 Å². The minimum Gasteiger partial charge on any atom is -0.375 e. The number of pyridine rings is 1. The van der Waals surface area contributed by atoms with Gasteiger partial charge in [0.2, 0.25) is 0 Å². The van der Waals surface area contributed by atoms with Crippen LogP contribution in [0.2, 0.25) is 0 Å². The average molecular weight is 330 g/mol. The molecule has 112 valence electrons. The van der Waals surface area contributed by atoms with Gasteiger partial charge in [-0.3, -0.25) is 0 Å². The van der Waals surface area contributed by atoms with Gasteiger partial charge in [-0.05, 0) is 17.7 Å². The maximum atomic E-state index is 11.3. The summed E-state index contributed by atoms with van der Waals surface area (Å²) in [5.41, 5.74) is 0.415. The first kappa shape index (κ1) is 14.5. The van der Waals surface area contributed by atoms with Gasteiger partial charge < -0.3 is 9.47 Å². The molecule has 0 bridgehead atoms. The van der Waals surface area contributed by atoms with Gasteiger partial charge in [0, 0.05) is 24.0 Å². The van der Waals surface area contributed by atoms with Crippen molar-refractivity contribution in [2.45, 2.75) is 10.5 Å². The van der Waals surface area contributed by atoms with Crippen LogP contribution in [0.1, 0.15) is 5.56 Å². The molecule has 0 atom stereocenters. The fourth-order valence-corrected chi connectivity index (χ4v) is 2.71. The summed E-state index contributed by atoms with van der Waals surface area (Å²) in [5.74, 6) is 0.474. The Hall–Kier alpha value is -1.48. The molecule has 0 radical (unpaired) electrons. The molecule has 1 fully saturated rings. The molecule has 0 amide bonds. The minimum atomic E-state index is -3.81. The van der Waals surface area contributed by atoms with Gasteiger partial charge in [0.05, 0.1) is 25.6 Å². The summed E-state index contributed by atoms with van der Waals surface area (Å²) in [5, 5.41) is 3.96. The second kappa shape index (κ2) is 5.06. The number of methoxy groups -OCH3 is 1. The lowest BCUT2D eigenvalue weighted by molar-refractivity contribution is -0.202. The van der Waals surface area contributed by atoms with Crippen LogP contribution in [0.3, 0.4) is 0 Å². The fourth-order valence-electron chi connectivity index (χ4n) is 2.07. The molecule has 1 aliphatic rings. The molecular formula is C12H12ClN3O4S. The van der Waals surface area contributed by atoms with Crippen molar-refractivity contribution < 1.29 is 17.9 Å². The second-order valence-corrected chi connectivity index (χ2v) is 7.22. The van der Waals surface area contributed by atoms with Crippen molar-refractivity contribution >= 4 is 19.7 Å². The monoisotopic (exact) mass is 329 g/mol. The third-order valence-electron chi connectivity index (χ3n) is 3.41. The number of hydrogen-bond donors (Lipinski definition) is 0. The molecule has 9 heteroatoms. The standard InChI is InChI=1S/C12H12ClN3O4S/c1-19-12(7-20-8-12)9-2-3-14-11(4-9)16-6-10(5-15-16)21(13,17)18/h2-6H,7-8H2,1H3. The Bertz CT molecular complexity index is 765. The number of halogens is 1. The topological polar surface area (TPSA) is 83.3 Å². The van der Waals surface area contributed by atoms with Crippen LogP contribution >= 0.6 is 10.7 Å². The number of aromatic nitrogens is 3. The van der Waals surface area contributed by atoms with E-state index >= 15 is 0 Å². The number of hydrogen-bond acceptors (Lipinski definition) is 6.